The van der Waals surface area contributed by atoms with Gasteiger partial charge in [0, 0.05) is 24.4 Å². The number of nitrogens with zero attached hydrogens (tertiary/aromatic N) is 6. The quantitative estimate of drug-likeness (QED) is 0.391. The van der Waals surface area contributed by atoms with Crippen molar-refractivity contribution in [2.45, 2.75) is 25.1 Å². The Bertz CT molecular complexity index is 1360. The number of benzene rings is 1. The molecule has 0 saturated heterocycles. The summed E-state index contributed by atoms with van der Waals surface area (Å²) in [5.74, 6) is -1.45. The molecule has 0 saturated carbocycles. The van der Waals surface area contributed by atoms with E-state index in [1.807, 2.05) is 24.7 Å². The smallest absolute Gasteiger partial charge is 0.301 e. The van der Waals surface area contributed by atoms with Crippen molar-refractivity contribution in [3.05, 3.63) is 59.6 Å². The minimum atomic E-state index is -4.65. The fraction of sp³-hybridized carbons (Fsp3) is 0.273. The van der Waals surface area contributed by atoms with Crippen LogP contribution in [0.3, 0.4) is 0 Å². The lowest BCUT2D eigenvalue weighted by Crippen LogP contribution is -2.42. The number of thiophene rings is 1. The van der Waals surface area contributed by atoms with E-state index >= 15 is 0 Å². The molecule has 1 aromatic carbocycles. The summed E-state index contributed by atoms with van der Waals surface area (Å²) in [6, 6.07) is 4.68. The van der Waals surface area contributed by atoms with Crippen LogP contribution in [0.5, 0.6) is 0 Å². The highest BCUT2D eigenvalue weighted by Crippen LogP contribution is 2.36. The number of fused-ring (bicyclic) bond motifs is 1. The van der Waals surface area contributed by atoms with Gasteiger partial charge in [-0.2, -0.15) is 18.3 Å². The van der Waals surface area contributed by atoms with Crippen LogP contribution in [-0.2, 0) is 18.3 Å². The normalized spacial score (nSPS) is 16.6. The number of hydrogen-bond donors (Lipinski definition) is 0. The molecule has 0 bridgehead atoms. The molecule has 0 radical (unpaired) electrons. The fourth-order valence-electron chi connectivity index (χ4n) is 4.07. The monoisotopic (exact) mass is 490 g/mol. The maximum atomic E-state index is 14.4. The van der Waals surface area contributed by atoms with Crippen molar-refractivity contribution in [1.82, 2.24) is 24.8 Å². The molecule has 34 heavy (non-hydrogen) atoms. The Labute approximate surface area is 195 Å². The van der Waals surface area contributed by atoms with Gasteiger partial charge >= 0.3 is 6.18 Å². The van der Waals surface area contributed by atoms with Crippen LogP contribution in [0, 0.1) is 5.82 Å². The van der Waals surface area contributed by atoms with E-state index in [-0.39, 0.29) is 24.1 Å². The number of carbonyl (C=O) groups excluding carboxylic acids is 1. The number of alkyl halides is 3. The van der Waals surface area contributed by atoms with E-state index in [4.69, 9.17) is 0 Å². The summed E-state index contributed by atoms with van der Waals surface area (Å²) in [6.07, 6.45) is 0.681. The van der Waals surface area contributed by atoms with Crippen LogP contribution >= 0.6 is 11.3 Å². The summed E-state index contributed by atoms with van der Waals surface area (Å²) >= 11 is 1.43. The second-order valence-corrected chi connectivity index (χ2v) is 8.93. The van der Waals surface area contributed by atoms with Gasteiger partial charge in [-0.25, -0.2) is 9.07 Å². The van der Waals surface area contributed by atoms with Crippen LogP contribution in [0.4, 0.5) is 23.2 Å². The lowest BCUT2D eigenvalue weighted by atomic mass is 10.1. The average Bonchev–Trinajstić information content (AvgIpc) is 3.51. The fourth-order valence-corrected chi connectivity index (χ4v) is 4.94. The third-order valence-electron chi connectivity index (χ3n) is 5.66. The van der Waals surface area contributed by atoms with Crippen molar-refractivity contribution >= 4 is 22.9 Å². The highest BCUT2D eigenvalue weighted by molar-refractivity contribution is 7.14. The maximum absolute atomic E-state index is 14.4. The van der Waals surface area contributed by atoms with Crippen molar-refractivity contribution in [3.8, 4) is 21.7 Å². The van der Waals surface area contributed by atoms with Gasteiger partial charge in [0.25, 0.3) is 5.91 Å². The van der Waals surface area contributed by atoms with Crippen molar-refractivity contribution in [2.24, 2.45) is 7.05 Å². The van der Waals surface area contributed by atoms with Gasteiger partial charge in [-0.3, -0.25) is 9.48 Å². The maximum Gasteiger partial charge on any atom is 0.406 e. The molecule has 4 aromatic rings. The number of amides is 1. The van der Waals surface area contributed by atoms with Crippen LogP contribution in [0.15, 0.2) is 48.2 Å². The first-order valence-corrected chi connectivity index (χ1v) is 11.2. The first kappa shape index (κ1) is 22.3. The van der Waals surface area contributed by atoms with Gasteiger partial charge in [-0.15, -0.1) is 16.4 Å². The Hall–Kier alpha value is -3.54. The van der Waals surface area contributed by atoms with Crippen molar-refractivity contribution < 1.29 is 22.4 Å². The SMILES string of the molecule is Cn1cc(-c2csc(-c3cn(C4CCc5c(F)cccc5N(CC(F)(F)F)C4=O)nn3)c2)cn1. The second kappa shape index (κ2) is 8.35. The first-order chi connectivity index (χ1) is 16.2. The Balaban J connectivity index is 1.46. The summed E-state index contributed by atoms with van der Waals surface area (Å²) in [7, 11) is 1.82. The van der Waals surface area contributed by atoms with E-state index in [9.17, 15) is 22.4 Å². The molecule has 1 atom stereocenters. The lowest BCUT2D eigenvalue weighted by Gasteiger charge is -2.26. The average molecular weight is 490 g/mol. The van der Waals surface area contributed by atoms with Gasteiger partial charge in [-0.05, 0) is 42.0 Å². The summed E-state index contributed by atoms with van der Waals surface area (Å²) in [5.41, 5.74) is 2.38. The van der Waals surface area contributed by atoms with E-state index < -0.39 is 30.5 Å². The van der Waals surface area contributed by atoms with Gasteiger partial charge in [-0.1, -0.05) is 11.3 Å². The zero-order valence-electron chi connectivity index (χ0n) is 17.8. The number of rotatable bonds is 4. The number of aromatic nitrogens is 5. The van der Waals surface area contributed by atoms with Crippen LogP contribution in [0.1, 0.15) is 18.0 Å². The summed E-state index contributed by atoms with van der Waals surface area (Å²) < 4.78 is 57.3. The Morgan fingerprint density at radius 1 is 1.21 bits per heavy atom. The predicted octanol–water partition coefficient (Wildman–Crippen LogP) is 4.63. The largest absolute Gasteiger partial charge is 0.406 e. The molecule has 0 spiro atoms. The molecule has 0 fully saturated rings. The van der Waals surface area contributed by atoms with E-state index in [0.29, 0.717) is 10.6 Å². The molecule has 1 aliphatic rings. The first-order valence-electron chi connectivity index (χ1n) is 10.3. The molecule has 7 nitrogen and oxygen atoms in total. The van der Waals surface area contributed by atoms with Crippen molar-refractivity contribution in [2.75, 3.05) is 11.4 Å². The highest BCUT2D eigenvalue weighted by atomic mass is 32.1. The summed E-state index contributed by atoms with van der Waals surface area (Å²) in [5, 5.41) is 14.3. The topological polar surface area (TPSA) is 68.8 Å². The van der Waals surface area contributed by atoms with Crippen LogP contribution in [0.25, 0.3) is 21.7 Å². The Morgan fingerprint density at radius 3 is 2.76 bits per heavy atom. The third kappa shape index (κ3) is 4.20. The van der Waals surface area contributed by atoms with Crippen LogP contribution in [0.2, 0.25) is 0 Å². The molecule has 1 aliphatic heterocycles. The predicted molar refractivity (Wildman–Crippen MR) is 118 cm³/mol. The second-order valence-electron chi connectivity index (χ2n) is 8.02. The molecule has 176 valence electrons. The van der Waals surface area contributed by atoms with Crippen molar-refractivity contribution in [1.29, 1.82) is 0 Å². The Morgan fingerprint density at radius 2 is 2.03 bits per heavy atom. The highest BCUT2D eigenvalue weighted by Gasteiger charge is 2.40. The van der Waals surface area contributed by atoms with E-state index in [0.717, 1.165) is 16.0 Å². The number of hydrogen-bond acceptors (Lipinski definition) is 5. The molecule has 4 heterocycles. The summed E-state index contributed by atoms with van der Waals surface area (Å²) in [6.45, 7) is -1.51. The Kier molecular flexibility index (Phi) is 5.47. The van der Waals surface area contributed by atoms with E-state index in [1.54, 1.807) is 17.1 Å². The van der Waals surface area contributed by atoms with Gasteiger partial charge in [0.15, 0.2) is 0 Å². The van der Waals surface area contributed by atoms with Gasteiger partial charge in [0.2, 0.25) is 0 Å². The number of carbonyl (C=O) groups is 1. The zero-order valence-corrected chi connectivity index (χ0v) is 18.6. The molecule has 5 rings (SSSR count). The van der Waals surface area contributed by atoms with E-state index in [2.05, 4.69) is 15.4 Å². The molecule has 1 amide bonds. The third-order valence-corrected chi connectivity index (χ3v) is 6.61. The molecular weight excluding hydrogens is 472 g/mol. The zero-order chi connectivity index (χ0) is 24.0. The lowest BCUT2D eigenvalue weighted by molar-refractivity contribution is -0.134. The molecule has 0 aliphatic carbocycles. The number of anilines is 1. The minimum Gasteiger partial charge on any atom is -0.301 e. The molecule has 12 heteroatoms. The summed E-state index contributed by atoms with van der Waals surface area (Å²) in [4.78, 5) is 14.6. The van der Waals surface area contributed by atoms with Gasteiger partial charge in [0.1, 0.15) is 24.1 Å². The molecule has 3 aromatic heterocycles. The number of halogens is 4. The number of aryl methyl sites for hydroxylation is 1. The van der Waals surface area contributed by atoms with E-state index in [1.165, 1.54) is 34.2 Å². The van der Waals surface area contributed by atoms with Crippen molar-refractivity contribution in [3.63, 3.8) is 0 Å². The van der Waals surface area contributed by atoms with Gasteiger partial charge in [0.05, 0.1) is 23.0 Å². The molecule has 1 unspecified atom stereocenters. The standard InChI is InChI=1S/C22H18F4N6OS/c1-30-9-14(8-27-30)13-7-20(34-11-13)17-10-32(29-28-17)19-6-5-15-16(23)3-2-4-18(15)31(21(19)33)12-22(24,25)26/h2-4,7-11,19H,5-6,12H2,1H3. The molecule has 0 N–H and O–H groups in total. The van der Waals surface area contributed by atoms with Crippen LogP contribution < -0.4 is 4.90 Å². The van der Waals surface area contributed by atoms with Gasteiger partial charge < -0.3 is 4.90 Å². The molecular formula is C22H18F4N6OS. The van der Waals surface area contributed by atoms with Crippen LogP contribution in [-0.4, -0.2) is 43.4 Å². The minimum absolute atomic E-state index is 0.0652.